The predicted molar refractivity (Wildman–Crippen MR) is 81.8 cm³/mol. The Morgan fingerprint density at radius 3 is 2.73 bits per heavy atom. The highest BCUT2D eigenvalue weighted by Gasteiger charge is 2.42. The zero-order valence-corrected chi connectivity index (χ0v) is 12.8. The van der Waals surface area contributed by atoms with E-state index in [0.29, 0.717) is 11.5 Å². The van der Waals surface area contributed by atoms with Gasteiger partial charge in [0.1, 0.15) is 0 Å². The maximum atomic E-state index is 12.5. The van der Waals surface area contributed by atoms with Crippen LogP contribution < -0.4 is 5.32 Å². The Morgan fingerprint density at radius 2 is 2.14 bits per heavy atom. The second-order valence-electron chi connectivity index (χ2n) is 6.06. The molecule has 1 amide bonds. The Bertz CT molecular complexity index is 679. The molecule has 0 aliphatic heterocycles. The van der Waals surface area contributed by atoms with Crippen molar-refractivity contribution < 1.29 is 9.90 Å². The summed E-state index contributed by atoms with van der Waals surface area (Å²) in [7, 11) is 0. The number of amides is 1. The van der Waals surface area contributed by atoms with Crippen molar-refractivity contribution in [3.63, 3.8) is 0 Å². The van der Waals surface area contributed by atoms with Gasteiger partial charge in [0.05, 0.1) is 35.3 Å². The molecule has 2 aromatic heterocycles. The van der Waals surface area contributed by atoms with Crippen LogP contribution in [0.5, 0.6) is 0 Å². The minimum Gasteiger partial charge on any atom is -0.394 e. The number of carbonyl (C=O) groups excluding carboxylic acids is 1. The first-order valence-corrected chi connectivity index (χ1v) is 7.43. The Labute approximate surface area is 129 Å². The lowest BCUT2D eigenvalue weighted by molar-refractivity contribution is 0.0824. The van der Waals surface area contributed by atoms with Crippen LogP contribution in [0.2, 0.25) is 0 Å². The minimum atomic E-state index is -0.553. The summed E-state index contributed by atoms with van der Waals surface area (Å²) in [5, 5.41) is 16.9. The molecule has 1 fully saturated rings. The van der Waals surface area contributed by atoms with Crippen LogP contribution in [0.3, 0.4) is 0 Å². The van der Waals surface area contributed by atoms with E-state index in [1.54, 1.807) is 23.3 Å². The molecule has 3 rings (SSSR count). The van der Waals surface area contributed by atoms with E-state index in [2.05, 4.69) is 15.4 Å². The van der Waals surface area contributed by atoms with Crippen molar-refractivity contribution in [2.45, 2.75) is 32.2 Å². The average Bonchev–Trinajstić information content (AvgIpc) is 3.31. The van der Waals surface area contributed by atoms with Crippen molar-refractivity contribution in [3.05, 3.63) is 42.0 Å². The van der Waals surface area contributed by atoms with Gasteiger partial charge in [0.15, 0.2) is 0 Å². The molecule has 0 bridgehead atoms. The van der Waals surface area contributed by atoms with E-state index < -0.39 is 5.54 Å². The third-order valence-electron chi connectivity index (χ3n) is 4.37. The molecule has 6 heteroatoms. The van der Waals surface area contributed by atoms with Gasteiger partial charge in [-0.3, -0.25) is 9.78 Å². The topological polar surface area (TPSA) is 80.0 Å². The maximum Gasteiger partial charge on any atom is 0.255 e. The smallest absolute Gasteiger partial charge is 0.255 e. The normalized spacial score (nSPS) is 17.0. The zero-order valence-electron chi connectivity index (χ0n) is 12.8. The van der Waals surface area contributed by atoms with Crippen molar-refractivity contribution in [3.8, 4) is 5.69 Å². The molecule has 2 aromatic rings. The molecular formula is C16H20N4O2. The third kappa shape index (κ3) is 2.62. The number of carbonyl (C=O) groups is 1. The Hall–Kier alpha value is -2.21. The van der Waals surface area contributed by atoms with Gasteiger partial charge in [0.2, 0.25) is 0 Å². The number of aromatic nitrogens is 3. The molecule has 1 atom stereocenters. The molecule has 1 saturated carbocycles. The van der Waals surface area contributed by atoms with Gasteiger partial charge in [-0.25, -0.2) is 4.68 Å². The Morgan fingerprint density at radius 1 is 1.45 bits per heavy atom. The fraction of sp³-hybridized carbons (Fsp3) is 0.438. The van der Waals surface area contributed by atoms with E-state index in [4.69, 9.17) is 0 Å². The summed E-state index contributed by atoms with van der Waals surface area (Å²) in [6.45, 7) is 3.70. The molecule has 2 heterocycles. The van der Waals surface area contributed by atoms with Crippen LogP contribution >= 0.6 is 0 Å². The number of nitrogens with one attached hydrogen (secondary N) is 1. The van der Waals surface area contributed by atoms with Crippen LogP contribution in [0.15, 0.2) is 30.7 Å². The van der Waals surface area contributed by atoms with Gasteiger partial charge in [0.25, 0.3) is 5.91 Å². The predicted octanol–water partition coefficient (Wildman–Crippen LogP) is 1.47. The highest BCUT2D eigenvalue weighted by Crippen LogP contribution is 2.39. The van der Waals surface area contributed by atoms with Crippen LogP contribution in [0.4, 0.5) is 0 Å². The molecule has 116 valence electrons. The molecule has 2 N–H and O–H groups in total. The summed E-state index contributed by atoms with van der Waals surface area (Å²) in [6, 6.07) is 3.67. The van der Waals surface area contributed by atoms with Gasteiger partial charge in [-0.05, 0) is 44.7 Å². The van der Waals surface area contributed by atoms with Crippen LogP contribution in [0, 0.1) is 12.8 Å². The van der Waals surface area contributed by atoms with Gasteiger partial charge >= 0.3 is 0 Å². The van der Waals surface area contributed by atoms with Crippen molar-refractivity contribution in [1.29, 1.82) is 0 Å². The van der Waals surface area contributed by atoms with Crippen molar-refractivity contribution in [1.82, 2.24) is 20.1 Å². The monoisotopic (exact) mass is 300 g/mol. The number of nitrogens with zero attached hydrogens (tertiary/aromatic N) is 3. The van der Waals surface area contributed by atoms with Gasteiger partial charge < -0.3 is 10.4 Å². The van der Waals surface area contributed by atoms with Crippen LogP contribution in [0.25, 0.3) is 5.69 Å². The maximum absolute atomic E-state index is 12.5. The van der Waals surface area contributed by atoms with Crippen LogP contribution in [-0.4, -0.2) is 37.9 Å². The third-order valence-corrected chi connectivity index (χ3v) is 4.37. The molecule has 6 nitrogen and oxygen atoms in total. The van der Waals surface area contributed by atoms with Crippen molar-refractivity contribution in [2.75, 3.05) is 6.61 Å². The highest BCUT2D eigenvalue weighted by molar-refractivity contribution is 5.95. The standard InChI is InChI=1S/C16H20N4O2/c1-11-14(9-18-20(11)13-5-7-17-8-6-13)15(22)19-16(2,10-21)12-3-4-12/h5-9,12,21H,3-4,10H2,1-2H3,(H,19,22). The van der Waals surface area contributed by atoms with Gasteiger partial charge in [-0.1, -0.05) is 0 Å². The van der Waals surface area contributed by atoms with E-state index >= 15 is 0 Å². The summed E-state index contributed by atoms with van der Waals surface area (Å²) in [5.74, 6) is 0.165. The van der Waals surface area contributed by atoms with Crippen molar-refractivity contribution >= 4 is 5.91 Å². The lowest BCUT2D eigenvalue weighted by Gasteiger charge is -2.28. The molecule has 0 radical (unpaired) electrons. The first-order valence-electron chi connectivity index (χ1n) is 7.43. The molecule has 1 unspecified atom stereocenters. The number of aliphatic hydroxyl groups excluding tert-OH is 1. The highest BCUT2D eigenvalue weighted by atomic mass is 16.3. The second kappa shape index (κ2) is 5.53. The SMILES string of the molecule is Cc1c(C(=O)NC(C)(CO)C2CC2)cnn1-c1ccncc1. The first kappa shape index (κ1) is 14.7. The van der Waals surface area contributed by atoms with E-state index in [1.807, 2.05) is 26.0 Å². The molecule has 1 aliphatic rings. The summed E-state index contributed by atoms with van der Waals surface area (Å²) in [6.07, 6.45) is 7.03. The largest absolute Gasteiger partial charge is 0.394 e. The molecule has 0 aromatic carbocycles. The lowest BCUT2D eigenvalue weighted by Crippen LogP contribution is -2.50. The van der Waals surface area contributed by atoms with E-state index in [9.17, 15) is 9.90 Å². The molecule has 0 saturated heterocycles. The fourth-order valence-electron chi connectivity index (χ4n) is 2.70. The number of rotatable bonds is 5. The summed E-state index contributed by atoms with van der Waals surface area (Å²) in [5.41, 5.74) is 1.60. The fourth-order valence-corrected chi connectivity index (χ4v) is 2.70. The Kier molecular flexibility index (Phi) is 3.70. The molecular weight excluding hydrogens is 280 g/mol. The van der Waals surface area contributed by atoms with Crippen LogP contribution in [0.1, 0.15) is 35.8 Å². The number of aliphatic hydroxyl groups is 1. The molecule has 1 aliphatic carbocycles. The van der Waals surface area contributed by atoms with E-state index in [0.717, 1.165) is 24.2 Å². The quantitative estimate of drug-likeness (QED) is 0.876. The average molecular weight is 300 g/mol. The van der Waals surface area contributed by atoms with Crippen LogP contribution in [-0.2, 0) is 0 Å². The lowest BCUT2D eigenvalue weighted by atomic mass is 9.96. The molecule has 22 heavy (non-hydrogen) atoms. The summed E-state index contributed by atoms with van der Waals surface area (Å²) < 4.78 is 1.71. The molecule has 0 spiro atoms. The summed E-state index contributed by atoms with van der Waals surface area (Å²) >= 11 is 0. The zero-order chi connectivity index (χ0) is 15.7. The number of hydrogen-bond donors (Lipinski definition) is 2. The van der Waals surface area contributed by atoms with Gasteiger partial charge in [-0.15, -0.1) is 0 Å². The Balaban J connectivity index is 1.84. The van der Waals surface area contributed by atoms with E-state index in [1.165, 1.54) is 0 Å². The second-order valence-corrected chi connectivity index (χ2v) is 6.06. The van der Waals surface area contributed by atoms with Gasteiger partial charge in [0, 0.05) is 12.4 Å². The number of pyridine rings is 1. The minimum absolute atomic E-state index is 0.0546. The first-order chi connectivity index (χ1) is 10.5. The summed E-state index contributed by atoms with van der Waals surface area (Å²) in [4.78, 5) is 16.5. The van der Waals surface area contributed by atoms with E-state index in [-0.39, 0.29) is 12.5 Å². The number of hydrogen-bond acceptors (Lipinski definition) is 4. The van der Waals surface area contributed by atoms with Gasteiger partial charge in [-0.2, -0.15) is 5.10 Å². The van der Waals surface area contributed by atoms with Crippen molar-refractivity contribution in [2.24, 2.45) is 5.92 Å².